The molecule has 7 atom stereocenters. The van der Waals surface area contributed by atoms with Crippen molar-refractivity contribution in [3.63, 3.8) is 0 Å². The Bertz CT molecular complexity index is 987. The van der Waals surface area contributed by atoms with Gasteiger partial charge in [-0.25, -0.2) is 0 Å². The lowest BCUT2D eigenvalue weighted by Gasteiger charge is -2.57. The van der Waals surface area contributed by atoms with Gasteiger partial charge in [-0.1, -0.05) is 54.1 Å². The van der Waals surface area contributed by atoms with Crippen LogP contribution in [-0.2, 0) is 19.1 Å². The summed E-state index contributed by atoms with van der Waals surface area (Å²) in [5.41, 5.74) is -0.191. The highest BCUT2D eigenvalue weighted by atomic mass is 79.9. The standard InChI is InChI=1S/C23H25BrN2O4/c1-22(2)18(21(29)30-4)25-17(11-5-7-12(24)8-6-11)15-13-9-10-23(15,22)16-14(13)19(27)26(3)20(16)28/h5-10,13-18,25H,1-4H3/t13-,14+,15+,16-,17+,18-,23+/m1/s1. The van der Waals surface area contributed by atoms with E-state index >= 15 is 0 Å². The van der Waals surface area contributed by atoms with E-state index in [9.17, 15) is 14.4 Å². The Morgan fingerprint density at radius 3 is 2.47 bits per heavy atom. The number of carbonyl (C=O) groups is 3. The summed E-state index contributed by atoms with van der Waals surface area (Å²) in [4.78, 5) is 40.5. The van der Waals surface area contributed by atoms with Crippen LogP contribution >= 0.6 is 15.9 Å². The van der Waals surface area contributed by atoms with Crippen LogP contribution in [-0.4, -0.2) is 42.9 Å². The number of allylic oxidation sites excluding steroid dienone is 2. The smallest absolute Gasteiger partial charge is 0.323 e. The fourth-order valence-electron chi connectivity index (χ4n) is 6.94. The first-order chi connectivity index (χ1) is 14.2. The van der Waals surface area contributed by atoms with Gasteiger partial charge in [-0.05, 0) is 29.5 Å². The molecule has 158 valence electrons. The van der Waals surface area contributed by atoms with Gasteiger partial charge in [0.05, 0.1) is 18.9 Å². The van der Waals surface area contributed by atoms with E-state index in [1.807, 2.05) is 38.1 Å². The van der Waals surface area contributed by atoms with Crippen LogP contribution in [0.5, 0.6) is 0 Å². The number of piperidine rings is 1. The Balaban J connectivity index is 1.72. The highest BCUT2D eigenvalue weighted by Gasteiger charge is 2.78. The van der Waals surface area contributed by atoms with Gasteiger partial charge in [0.2, 0.25) is 11.8 Å². The summed E-state index contributed by atoms with van der Waals surface area (Å²) < 4.78 is 6.14. The number of nitrogens with zero attached hydrogens (tertiary/aromatic N) is 1. The third-order valence-electron chi connectivity index (χ3n) is 8.27. The molecule has 1 aromatic rings. The molecule has 0 radical (unpaired) electrons. The van der Waals surface area contributed by atoms with Crippen LogP contribution in [0.15, 0.2) is 40.9 Å². The molecule has 1 N–H and O–H groups in total. The van der Waals surface area contributed by atoms with Crippen LogP contribution < -0.4 is 5.32 Å². The van der Waals surface area contributed by atoms with Crippen LogP contribution in [0, 0.1) is 34.5 Å². The van der Waals surface area contributed by atoms with Crippen LogP contribution in [0.4, 0.5) is 0 Å². The van der Waals surface area contributed by atoms with Crippen molar-refractivity contribution < 1.29 is 19.1 Å². The summed E-state index contributed by atoms with van der Waals surface area (Å²) in [6, 6.07) is 7.24. The van der Waals surface area contributed by atoms with Crippen molar-refractivity contribution in [1.29, 1.82) is 0 Å². The minimum atomic E-state index is -0.623. The molecule has 0 aromatic heterocycles. The largest absolute Gasteiger partial charge is 0.468 e. The van der Waals surface area contributed by atoms with Gasteiger partial charge in [0.1, 0.15) is 6.04 Å². The van der Waals surface area contributed by atoms with E-state index in [2.05, 4.69) is 33.4 Å². The van der Waals surface area contributed by atoms with E-state index in [-0.39, 0.29) is 41.6 Å². The predicted molar refractivity (Wildman–Crippen MR) is 113 cm³/mol. The van der Waals surface area contributed by atoms with Crippen LogP contribution in [0.3, 0.4) is 0 Å². The first kappa shape index (κ1) is 19.9. The average molecular weight is 473 g/mol. The van der Waals surface area contributed by atoms with Gasteiger partial charge in [0.15, 0.2) is 0 Å². The van der Waals surface area contributed by atoms with Crippen LogP contribution in [0.25, 0.3) is 0 Å². The van der Waals surface area contributed by atoms with E-state index in [0.29, 0.717) is 0 Å². The van der Waals surface area contributed by atoms with Gasteiger partial charge < -0.3 is 4.74 Å². The Morgan fingerprint density at radius 2 is 1.83 bits per heavy atom. The Morgan fingerprint density at radius 1 is 1.17 bits per heavy atom. The van der Waals surface area contributed by atoms with Crippen LogP contribution in [0.2, 0.25) is 0 Å². The average Bonchev–Trinajstić information content (AvgIpc) is 3.33. The Labute approximate surface area is 184 Å². The Kier molecular flexibility index (Phi) is 4.16. The van der Waals surface area contributed by atoms with Crippen molar-refractivity contribution in [3.8, 4) is 0 Å². The molecule has 5 rings (SSSR count). The number of likely N-dealkylation sites (tertiary alicyclic amines) is 1. The number of nitrogens with one attached hydrogen (secondary N) is 1. The normalized spacial score (nSPS) is 40.5. The number of amides is 2. The van der Waals surface area contributed by atoms with Gasteiger partial charge in [-0.15, -0.1) is 0 Å². The maximum Gasteiger partial charge on any atom is 0.323 e. The van der Waals surface area contributed by atoms with Gasteiger partial charge in [-0.2, -0.15) is 0 Å². The van der Waals surface area contributed by atoms with E-state index in [1.165, 1.54) is 12.0 Å². The molecule has 1 aromatic carbocycles. The van der Waals surface area contributed by atoms with Crippen LogP contribution in [0.1, 0.15) is 25.5 Å². The SMILES string of the molecule is COC(=O)[C@H]1N[C@@H](c2ccc(Br)cc2)[C@@H]2[C@@H]3C=C[C@]2([C@H]2C(=O)N(C)C(=O)[C@@H]32)C1(C)C. The number of carbonyl (C=O) groups excluding carboxylic acids is 3. The highest BCUT2D eigenvalue weighted by molar-refractivity contribution is 9.10. The second-order valence-electron chi connectivity index (χ2n) is 9.51. The molecule has 4 aliphatic rings. The molecule has 2 bridgehead atoms. The summed E-state index contributed by atoms with van der Waals surface area (Å²) in [7, 11) is 2.97. The van der Waals surface area contributed by atoms with Crippen molar-refractivity contribution in [1.82, 2.24) is 10.2 Å². The first-order valence-corrected chi connectivity index (χ1v) is 11.1. The van der Waals surface area contributed by atoms with E-state index in [1.54, 1.807) is 7.05 Å². The summed E-state index contributed by atoms with van der Waals surface area (Å²) in [5.74, 6) is -1.44. The number of esters is 1. The molecule has 2 aliphatic carbocycles. The van der Waals surface area contributed by atoms with Crippen molar-refractivity contribution >= 4 is 33.7 Å². The van der Waals surface area contributed by atoms with Gasteiger partial charge >= 0.3 is 5.97 Å². The minimum absolute atomic E-state index is 0.00572. The van der Waals surface area contributed by atoms with Crippen molar-refractivity contribution in [2.75, 3.05) is 14.2 Å². The highest BCUT2D eigenvalue weighted by Crippen LogP contribution is 2.74. The molecule has 30 heavy (non-hydrogen) atoms. The maximum atomic E-state index is 13.3. The summed E-state index contributed by atoms with van der Waals surface area (Å²) in [5, 5.41) is 3.56. The lowest BCUT2D eigenvalue weighted by molar-refractivity contribution is -0.160. The fraction of sp³-hybridized carbons (Fsp3) is 0.522. The third kappa shape index (κ3) is 2.15. The van der Waals surface area contributed by atoms with Gasteiger partial charge in [0.25, 0.3) is 0 Å². The topological polar surface area (TPSA) is 75.7 Å². The fourth-order valence-corrected chi connectivity index (χ4v) is 7.20. The zero-order valence-corrected chi connectivity index (χ0v) is 19.0. The summed E-state index contributed by atoms with van der Waals surface area (Å²) in [6.07, 6.45) is 4.25. The molecule has 2 saturated heterocycles. The van der Waals surface area contributed by atoms with Crippen molar-refractivity contribution in [2.45, 2.75) is 25.9 Å². The molecular formula is C23H25BrN2O4. The van der Waals surface area contributed by atoms with E-state index in [4.69, 9.17) is 4.74 Å². The number of methoxy groups -OCH3 is 1. The molecule has 0 unspecified atom stereocenters. The molecule has 0 spiro atoms. The maximum absolute atomic E-state index is 13.3. The molecule has 6 nitrogen and oxygen atoms in total. The summed E-state index contributed by atoms with van der Waals surface area (Å²) in [6.45, 7) is 4.05. The molecule has 2 aliphatic heterocycles. The number of hydrogen-bond donors (Lipinski definition) is 1. The van der Waals surface area contributed by atoms with Gasteiger partial charge in [-0.3, -0.25) is 24.6 Å². The minimum Gasteiger partial charge on any atom is -0.468 e. The van der Waals surface area contributed by atoms with Crippen molar-refractivity contribution in [3.05, 3.63) is 46.5 Å². The second kappa shape index (κ2) is 6.26. The van der Waals surface area contributed by atoms with E-state index < -0.39 is 22.8 Å². The monoisotopic (exact) mass is 472 g/mol. The molecular weight excluding hydrogens is 448 g/mol. The number of hydrogen-bond acceptors (Lipinski definition) is 5. The lowest BCUT2D eigenvalue weighted by atomic mass is 9.50. The number of fused-ring (bicyclic) bond motifs is 2. The quantitative estimate of drug-likeness (QED) is 0.406. The van der Waals surface area contributed by atoms with E-state index in [0.717, 1.165) is 10.0 Å². The number of benzene rings is 1. The van der Waals surface area contributed by atoms with Crippen molar-refractivity contribution in [2.24, 2.45) is 34.5 Å². The second-order valence-corrected chi connectivity index (χ2v) is 10.4. The van der Waals surface area contributed by atoms with Gasteiger partial charge in [0, 0.05) is 28.4 Å². The molecule has 2 amide bonds. The third-order valence-corrected chi connectivity index (χ3v) is 8.80. The Hall–Kier alpha value is -1.99. The number of ether oxygens (including phenoxy) is 1. The number of imide groups is 1. The molecule has 3 fully saturated rings. The zero-order chi connectivity index (χ0) is 21.6. The summed E-state index contributed by atoms with van der Waals surface area (Å²) >= 11 is 3.49. The zero-order valence-electron chi connectivity index (χ0n) is 17.4. The predicted octanol–water partition coefficient (Wildman–Crippen LogP) is 2.69. The number of rotatable bonds is 2. The number of halogens is 1. The molecule has 1 saturated carbocycles. The lowest BCUT2D eigenvalue weighted by Crippen LogP contribution is -2.66. The molecule has 2 heterocycles. The molecule has 7 heteroatoms. The first-order valence-electron chi connectivity index (χ1n) is 10.3.